The average Bonchev–Trinajstić information content (AvgIpc) is 2.46. The fourth-order valence-corrected chi connectivity index (χ4v) is 4.09. The van der Waals surface area contributed by atoms with Gasteiger partial charge in [-0.25, -0.2) is 0 Å². The van der Waals surface area contributed by atoms with E-state index in [9.17, 15) is 5.11 Å². The molecule has 3 N–H and O–H groups in total. The summed E-state index contributed by atoms with van der Waals surface area (Å²) in [7, 11) is 0. The Kier molecular flexibility index (Phi) is 4.79. The van der Waals surface area contributed by atoms with E-state index in [-0.39, 0.29) is 5.41 Å². The molecule has 1 aromatic rings. The molecular formula is C19H31NO. The minimum absolute atomic E-state index is 0.182. The summed E-state index contributed by atoms with van der Waals surface area (Å²) in [6.45, 7) is 8.98. The molecule has 1 aliphatic rings. The molecule has 1 aliphatic carbocycles. The van der Waals surface area contributed by atoms with Crippen LogP contribution in [-0.2, 0) is 5.60 Å². The van der Waals surface area contributed by atoms with Crippen molar-refractivity contribution in [2.24, 2.45) is 17.1 Å². The van der Waals surface area contributed by atoms with E-state index in [0.717, 1.165) is 24.3 Å². The SMILES string of the molecule is CCC1CCC(CN)(C(C)(O)c2cc(C)cc(C)c2)CC1. The maximum atomic E-state index is 11.4. The Morgan fingerprint density at radius 2 is 1.71 bits per heavy atom. The van der Waals surface area contributed by atoms with Crippen LogP contribution in [-0.4, -0.2) is 11.7 Å². The maximum absolute atomic E-state index is 11.4. The van der Waals surface area contributed by atoms with Crippen molar-refractivity contribution in [1.29, 1.82) is 0 Å². The van der Waals surface area contributed by atoms with Gasteiger partial charge in [0.25, 0.3) is 0 Å². The van der Waals surface area contributed by atoms with Crippen LogP contribution in [0.1, 0.15) is 62.6 Å². The molecular weight excluding hydrogens is 258 g/mol. The summed E-state index contributed by atoms with van der Waals surface area (Å²) in [5, 5.41) is 11.4. The largest absolute Gasteiger partial charge is 0.385 e. The molecule has 0 saturated heterocycles. The standard InChI is InChI=1S/C19H31NO/c1-5-16-6-8-19(13-20,9-7-16)18(4,21)17-11-14(2)10-15(3)12-17/h10-12,16,21H,5-9,13,20H2,1-4H3. The second kappa shape index (κ2) is 6.10. The lowest BCUT2D eigenvalue weighted by Gasteiger charge is -2.49. The highest BCUT2D eigenvalue weighted by Crippen LogP contribution is 2.51. The number of nitrogens with two attached hydrogens (primary N) is 1. The van der Waals surface area contributed by atoms with Gasteiger partial charge in [0.05, 0.1) is 5.60 Å². The first-order valence-electron chi connectivity index (χ1n) is 8.36. The molecule has 0 spiro atoms. The fraction of sp³-hybridized carbons (Fsp3) is 0.684. The van der Waals surface area contributed by atoms with Crippen molar-refractivity contribution in [2.75, 3.05) is 6.54 Å². The number of aryl methyl sites for hydroxylation is 2. The lowest BCUT2D eigenvalue weighted by molar-refractivity contribution is -0.0981. The van der Waals surface area contributed by atoms with Crippen molar-refractivity contribution in [3.8, 4) is 0 Å². The van der Waals surface area contributed by atoms with Crippen LogP contribution in [0.3, 0.4) is 0 Å². The average molecular weight is 289 g/mol. The van der Waals surface area contributed by atoms with E-state index in [0.29, 0.717) is 6.54 Å². The number of hydrogen-bond donors (Lipinski definition) is 2. The zero-order valence-electron chi connectivity index (χ0n) is 14.1. The first-order valence-corrected chi connectivity index (χ1v) is 8.36. The van der Waals surface area contributed by atoms with Crippen molar-refractivity contribution in [2.45, 2.75) is 65.4 Å². The molecule has 1 unspecified atom stereocenters. The molecule has 2 heteroatoms. The predicted molar refractivity (Wildman–Crippen MR) is 89.2 cm³/mol. The summed E-state index contributed by atoms with van der Waals surface area (Å²) in [5.41, 5.74) is 8.58. The molecule has 1 aromatic carbocycles. The Labute approximate surface area is 129 Å². The minimum Gasteiger partial charge on any atom is -0.385 e. The van der Waals surface area contributed by atoms with Gasteiger partial charge in [-0.1, -0.05) is 42.7 Å². The van der Waals surface area contributed by atoms with Crippen LogP contribution in [0.5, 0.6) is 0 Å². The molecule has 2 nitrogen and oxygen atoms in total. The molecule has 118 valence electrons. The number of rotatable bonds is 4. The summed E-state index contributed by atoms with van der Waals surface area (Å²) in [6, 6.07) is 6.40. The Morgan fingerprint density at radius 3 is 2.14 bits per heavy atom. The normalized spacial score (nSPS) is 29.1. The van der Waals surface area contributed by atoms with Crippen LogP contribution in [0.25, 0.3) is 0 Å². The summed E-state index contributed by atoms with van der Waals surface area (Å²) in [6.07, 6.45) is 5.68. The van der Waals surface area contributed by atoms with Gasteiger partial charge in [0.15, 0.2) is 0 Å². The molecule has 0 aromatic heterocycles. The van der Waals surface area contributed by atoms with Crippen LogP contribution in [0.4, 0.5) is 0 Å². The van der Waals surface area contributed by atoms with Gasteiger partial charge in [0.2, 0.25) is 0 Å². The van der Waals surface area contributed by atoms with Gasteiger partial charge in [0, 0.05) is 12.0 Å². The summed E-state index contributed by atoms with van der Waals surface area (Å²) < 4.78 is 0. The smallest absolute Gasteiger partial charge is 0.0936 e. The van der Waals surface area contributed by atoms with Crippen LogP contribution in [0, 0.1) is 25.2 Å². The van der Waals surface area contributed by atoms with E-state index in [2.05, 4.69) is 39.0 Å². The van der Waals surface area contributed by atoms with Gasteiger partial charge < -0.3 is 10.8 Å². The van der Waals surface area contributed by atoms with E-state index in [4.69, 9.17) is 5.73 Å². The topological polar surface area (TPSA) is 46.2 Å². The molecule has 0 heterocycles. The van der Waals surface area contributed by atoms with E-state index in [1.54, 1.807) is 0 Å². The molecule has 2 rings (SSSR count). The molecule has 0 aliphatic heterocycles. The van der Waals surface area contributed by atoms with Crippen molar-refractivity contribution in [3.63, 3.8) is 0 Å². The number of benzene rings is 1. The lowest BCUT2D eigenvalue weighted by Crippen LogP contribution is -2.50. The van der Waals surface area contributed by atoms with Gasteiger partial charge in [-0.05, 0) is 57.9 Å². The summed E-state index contributed by atoms with van der Waals surface area (Å²) >= 11 is 0. The second-order valence-corrected chi connectivity index (χ2v) is 7.28. The predicted octanol–water partition coefficient (Wildman–Crippen LogP) is 4.06. The molecule has 21 heavy (non-hydrogen) atoms. The third kappa shape index (κ3) is 3.02. The zero-order valence-corrected chi connectivity index (χ0v) is 14.1. The van der Waals surface area contributed by atoms with Crippen LogP contribution in [0.2, 0.25) is 0 Å². The third-order valence-electron chi connectivity index (χ3n) is 5.85. The van der Waals surface area contributed by atoms with Gasteiger partial charge in [-0.3, -0.25) is 0 Å². The van der Waals surface area contributed by atoms with Gasteiger partial charge >= 0.3 is 0 Å². The minimum atomic E-state index is -0.850. The van der Waals surface area contributed by atoms with Gasteiger partial charge in [-0.2, -0.15) is 0 Å². The molecule has 1 atom stereocenters. The maximum Gasteiger partial charge on any atom is 0.0936 e. The number of hydrogen-bond acceptors (Lipinski definition) is 2. The Hall–Kier alpha value is -0.860. The van der Waals surface area contributed by atoms with Gasteiger partial charge in [-0.15, -0.1) is 0 Å². The van der Waals surface area contributed by atoms with Gasteiger partial charge in [0.1, 0.15) is 0 Å². The molecule has 0 amide bonds. The summed E-state index contributed by atoms with van der Waals surface area (Å²) in [4.78, 5) is 0. The fourth-order valence-electron chi connectivity index (χ4n) is 4.09. The third-order valence-corrected chi connectivity index (χ3v) is 5.85. The Morgan fingerprint density at radius 1 is 1.19 bits per heavy atom. The highest BCUT2D eigenvalue weighted by Gasteiger charge is 2.48. The van der Waals surface area contributed by atoms with Crippen LogP contribution in [0.15, 0.2) is 18.2 Å². The van der Waals surface area contributed by atoms with E-state index in [1.165, 1.54) is 30.4 Å². The van der Waals surface area contributed by atoms with E-state index < -0.39 is 5.60 Å². The Balaban J connectivity index is 2.35. The quantitative estimate of drug-likeness (QED) is 0.878. The molecule has 1 fully saturated rings. The zero-order chi connectivity index (χ0) is 15.7. The molecule has 0 radical (unpaired) electrons. The van der Waals surface area contributed by atoms with Crippen LogP contribution >= 0.6 is 0 Å². The first-order chi connectivity index (χ1) is 9.84. The first kappa shape index (κ1) is 16.5. The second-order valence-electron chi connectivity index (χ2n) is 7.28. The highest BCUT2D eigenvalue weighted by atomic mass is 16.3. The molecule has 0 bridgehead atoms. The van der Waals surface area contributed by atoms with Crippen molar-refractivity contribution >= 4 is 0 Å². The van der Waals surface area contributed by atoms with Crippen molar-refractivity contribution in [3.05, 3.63) is 34.9 Å². The Bertz CT molecular complexity index is 464. The van der Waals surface area contributed by atoms with Crippen molar-refractivity contribution in [1.82, 2.24) is 0 Å². The van der Waals surface area contributed by atoms with E-state index in [1.807, 2.05) is 6.92 Å². The highest BCUT2D eigenvalue weighted by molar-refractivity contribution is 5.34. The number of aliphatic hydroxyl groups is 1. The monoisotopic (exact) mass is 289 g/mol. The summed E-state index contributed by atoms with van der Waals surface area (Å²) in [5.74, 6) is 0.805. The lowest BCUT2D eigenvalue weighted by atomic mass is 9.59. The van der Waals surface area contributed by atoms with Crippen LogP contribution < -0.4 is 5.73 Å². The van der Waals surface area contributed by atoms with E-state index >= 15 is 0 Å². The molecule has 1 saturated carbocycles. The van der Waals surface area contributed by atoms with Crippen molar-refractivity contribution < 1.29 is 5.11 Å².